The fourth-order valence-corrected chi connectivity index (χ4v) is 4.20. The number of hydrogen-bond acceptors (Lipinski definition) is 6. The first-order chi connectivity index (χ1) is 11.7. The zero-order chi connectivity index (χ0) is 16.5. The minimum Gasteiger partial charge on any atom is -0.384 e. The highest BCUT2D eigenvalue weighted by Gasteiger charge is 2.34. The number of H-pyrrole nitrogens is 1. The highest BCUT2D eigenvalue weighted by atomic mass is 32.2. The number of nitrogens with one attached hydrogen (secondary N) is 1. The second-order valence-electron chi connectivity index (χ2n) is 5.47. The number of benzene rings is 1. The maximum Gasteiger partial charge on any atom is 0.164 e. The number of aromatic amines is 1. The lowest BCUT2D eigenvalue weighted by Crippen LogP contribution is -2.17. The number of pyridine rings is 1. The van der Waals surface area contributed by atoms with Crippen LogP contribution in [0.5, 0.6) is 0 Å². The Morgan fingerprint density at radius 1 is 1.17 bits per heavy atom. The first-order valence-corrected chi connectivity index (χ1v) is 8.38. The standard InChI is InChI=1S/C17H16N6S/c1-23-14(11-5-3-2-4-6-11)15(16-20-10-21-22-16)24-17(23)12-7-8-19-13(18)9-12/h2-10,17H,1H3,(H2,18,19)(H,20,21,22). The average Bonchev–Trinajstić information content (AvgIpc) is 3.23. The van der Waals surface area contributed by atoms with Gasteiger partial charge in [0.15, 0.2) is 5.82 Å². The number of nitrogens with two attached hydrogens (primary N) is 1. The molecule has 120 valence electrons. The van der Waals surface area contributed by atoms with Gasteiger partial charge in [-0.05, 0) is 23.3 Å². The summed E-state index contributed by atoms with van der Waals surface area (Å²) in [6.07, 6.45) is 3.27. The zero-order valence-corrected chi connectivity index (χ0v) is 13.9. The fourth-order valence-electron chi connectivity index (χ4n) is 2.85. The Morgan fingerprint density at radius 3 is 2.71 bits per heavy atom. The van der Waals surface area contributed by atoms with Crippen molar-refractivity contribution in [3.8, 4) is 0 Å². The van der Waals surface area contributed by atoms with Gasteiger partial charge in [-0.25, -0.2) is 9.97 Å². The van der Waals surface area contributed by atoms with Crippen molar-refractivity contribution in [2.24, 2.45) is 0 Å². The number of thioether (sulfide) groups is 1. The molecule has 0 bridgehead atoms. The van der Waals surface area contributed by atoms with E-state index < -0.39 is 0 Å². The summed E-state index contributed by atoms with van der Waals surface area (Å²) in [6.45, 7) is 0. The SMILES string of the molecule is CN1C(c2ccccc2)=C(c2ncn[nH]2)SC1c1ccnc(N)c1. The van der Waals surface area contributed by atoms with E-state index in [9.17, 15) is 0 Å². The zero-order valence-electron chi connectivity index (χ0n) is 13.0. The van der Waals surface area contributed by atoms with Crippen molar-refractivity contribution in [1.29, 1.82) is 0 Å². The van der Waals surface area contributed by atoms with Gasteiger partial charge in [-0.2, -0.15) is 5.10 Å². The largest absolute Gasteiger partial charge is 0.384 e. The molecule has 1 aliphatic heterocycles. The maximum atomic E-state index is 5.87. The van der Waals surface area contributed by atoms with Gasteiger partial charge in [0.05, 0.1) is 10.6 Å². The van der Waals surface area contributed by atoms with E-state index in [-0.39, 0.29) is 5.37 Å². The van der Waals surface area contributed by atoms with Crippen LogP contribution in [0.25, 0.3) is 10.6 Å². The molecule has 1 aromatic carbocycles. The van der Waals surface area contributed by atoms with E-state index >= 15 is 0 Å². The summed E-state index contributed by atoms with van der Waals surface area (Å²) in [6, 6.07) is 14.2. The molecular weight excluding hydrogens is 320 g/mol. The fraction of sp³-hybridized carbons (Fsp3) is 0.118. The van der Waals surface area contributed by atoms with Crippen LogP contribution in [0.1, 0.15) is 22.3 Å². The Labute approximate surface area is 143 Å². The molecule has 6 nitrogen and oxygen atoms in total. The van der Waals surface area contributed by atoms with Gasteiger partial charge in [0.1, 0.15) is 17.5 Å². The van der Waals surface area contributed by atoms with E-state index in [1.54, 1.807) is 18.0 Å². The number of rotatable bonds is 3. The van der Waals surface area contributed by atoms with Gasteiger partial charge in [0, 0.05) is 13.2 Å². The topological polar surface area (TPSA) is 83.7 Å². The Hall–Kier alpha value is -2.80. The third-order valence-corrected chi connectivity index (χ3v) is 5.35. The lowest BCUT2D eigenvalue weighted by molar-refractivity contribution is 0.471. The van der Waals surface area contributed by atoms with Crippen molar-refractivity contribution in [1.82, 2.24) is 25.1 Å². The predicted octanol–water partition coefficient (Wildman–Crippen LogP) is 2.99. The molecule has 0 spiro atoms. The van der Waals surface area contributed by atoms with E-state index in [0.29, 0.717) is 5.82 Å². The minimum atomic E-state index is 0.102. The molecule has 7 heteroatoms. The minimum absolute atomic E-state index is 0.102. The summed E-state index contributed by atoms with van der Waals surface area (Å²) in [7, 11) is 2.08. The molecule has 1 aliphatic rings. The Balaban J connectivity index is 1.81. The van der Waals surface area contributed by atoms with E-state index in [1.165, 1.54) is 6.33 Å². The summed E-state index contributed by atoms with van der Waals surface area (Å²) in [5.41, 5.74) is 9.24. The molecule has 3 heterocycles. The van der Waals surface area contributed by atoms with Crippen molar-refractivity contribution >= 4 is 28.2 Å². The van der Waals surface area contributed by atoms with Gasteiger partial charge in [0.25, 0.3) is 0 Å². The smallest absolute Gasteiger partial charge is 0.164 e. The second kappa shape index (κ2) is 6.01. The van der Waals surface area contributed by atoms with Crippen LogP contribution in [-0.4, -0.2) is 32.1 Å². The molecule has 3 N–H and O–H groups in total. The summed E-state index contributed by atoms with van der Waals surface area (Å²) in [5, 5.41) is 7.08. The van der Waals surface area contributed by atoms with Crippen LogP contribution in [0.2, 0.25) is 0 Å². The molecule has 0 amide bonds. The van der Waals surface area contributed by atoms with Crippen molar-refractivity contribution in [2.75, 3.05) is 12.8 Å². The summed E-state index contributed by atoms with van der Waals surface area (Å²) < 4.78 is 0. The van der Waals surface area contributed by atoms with Crippen LogP contribution in [-0.2, 0) is 0 Å². The van der Waals surface area contributed by atoms with Crippen LogP contribution < -0.4 is 5.73 Å². The molecular formula is C17H16N6S. The monoisotopic (exact) mass is 336 g/mol. The van der Waals surface area contributed by atoms with Gasteiger partial charge in [0.2, 0.25) is 0 Å². The Kier molecular flexibility index (Phi) is 3.70. The number of nitrogen functional groups attached to an aromatic ring is 1. The van der Waals surface area contributed by atoms with E-state index in [4.69, 9.17) is 5.73 Å². The summed E-state index contributed by atoms with van der Waals surface area (Å²) in [5.74, 6) is 1.30. The summed E-state index contributed by atoms with van der Waals surface area (Å²) >= 11 is 1.73. The molecule has 4 rings (SSSR count). The van der Waals surface area contributed by atoms with Gasteiger partial charge >= 0.3 is 0 Å². The van der Waals surface area contributed by atoms with Crippen LogP contribution in [0.4, 0.5) is 5.82 Å². The lowest BCUT2D eigenvalue weighted by atomic mass is 10.1. The molecule has 1 unspecified atom stereocenters. The van der Waals surface area contributed by atoms with Gasteiger partial charge in [-0.15, -0.1) is 0 Å². The van der Waals surface area contributed by atoms with Gasteiger partial charge < -0.3 is 10.6 Å². The first kappa shape index (κ1) is 14.8. The molecule has 0 saturated heterocycles. The third-order valence-electron chi connectivity index (χ3n) is 3.92. The number of anilines is 1. The van der Waals surface area contributed by atoms with E-state index in [0.717, 1.165) is 27.6 Å². The quantitative estimate of drug-likeness (QED) is 0.765. The van der Waals surface area contributed by atoms with Gasteiger partial charge in [-0.3, -0.25) is 5.10 Å². The van der Waals surface area contributed by atoms with Crippen LogP contribution >= 0.6 is 11.8 Å². The number of nitrogens with zero attached hydrogens (tertiary/aromatic N) is 4. The van der Waals surface area contributed by atoms with Crippen molar-refractivity contribution < 1.29 is 0 Å². The van der Waals surface area contributed by atoms with Crippen molar-refractivity contribution in [2.45, 2.75) is 5.37 Å². The highest BCUT2D eigenvalue weighted by molar-refractivity contribution is 8.09. The normalized spacial score (nSPS) is 17.5. The second-order valence-corrected chi connectivity index (χ2v) is 6.56. The molecule has 2 aromatic heterocycles. The van der Waals surface area contributed by atoms with Crippen LogP contribution in [0, 0.1) is 0 Å². The molecule has 0 fully saturated rings. The van der Waals surface area contributed by atoms with Crippen LogP contribution in [0.3, 0.4) is 0 Å². The molecule has 3 aromatic rings. The maximum absolute atomic E-state index is 5.87. The summed E-state index contributed by atoms with van der Waals surface area (Å²) in [4.78, 5) is 11.7. The molecule has 24 heavy (non-hydrogen) atoms. The Morgan fingerprint density at radius 2 is 2.00 bits per heavy atom. The number of hydrogen-bond donors (Lipinski definition) is 2. The number of aromatic nitrogens is 4. The van der Waals surface area contributed by atoms with Crippen LogP contribution in [0.15, 0.2) is 55.0 Å². The van der Waals surface area contributed by atoms with Gasteiger partial charge in [-0.1, -0.05) is 42.1 Å². The van der Waals surface area contributed by atoms with E-state index in [1.807, 2.05) is 30.3 Å². The molecule has 0 aliphatic carbocycles. The van der Waals surface area contributed by atoms with Crippen molar-refractivity contribution in [3.63, 3.8) is 0 Å². The third kappa shape index (κ3) is 2.52. The predicted molar refractivity (Wildman–Crippen MR) is 96.4 cm³/mol. The molecule has 1 atom stereocenters. The molecule has 0 saturated carbocycles. The average molecular weight is 336 g/mol. The lowest BCUT2D eigenvalue weighted by Gasteiger charge is -2.24. The first-order valence-electron chi connectivity index (χ1n) is 7.50. The van der Waals surface area contributed by atoms with E-state index in [2.05, 4.69) is 44.2 Å². The molecule has 0 radical (unpaired) electrons. The Bertz CT molecular complexity index is 875. The van der Waals surface area contributed by atoms with Crippen molar-refractivity contribution in [3.05, 3.63) is 71.9 Å². The highest BCUT2D eigenvalue weighted by Crippen LogP contribution is 2.53.